The summed E-state index contributed by atoms with van der Waals surface area (Å²) in [6.07, 6.45) is 0.405. The molecule has 0 saturated carbocycles. The third kappa shape index (κ3) is 3.76. The lowest BCUT2D eigenvalue weighted by molar-refractivity contribution is -0.106. The molecule has 0 spiro atoms. The Balaban J connectivity index is 2.72. The molecule has 0 unspecified atom stereocenters. The molecule has 0 saturated heterocycles. The fraction of sp³-hybridized carbons (Fsp3) is 0.350. The monoisotopic (exact) mass is 359 g/mol. The number of aryl methyl sites for hydroxylation is 1. The third-order valence-electron chi connectivity index (χ3n) is 4.24. The highest BCUT2D eigenvalue weighted by Crippen LogP contribution is 2.37. The van der Waals surface area contributed by atoms with Crippen molar-refractivity contribution in [3.8, 4) is 0 Å². The number of hydrogen-bond donors (Lipinski definition) is 0. The molecule has 134 valence electrons. The summed E-state index contributed by atoms with van der Waals surface area (Å²) in [6.45, 7) is 9.85. The maximum absolute atomic E-state index is 13.1. The predicted molar refractivity (Wildman–Crippen MR) is 102 cm³/mol. The molecule has 1 amide bonds. The van der Waals surface area contributed by atoms with Gasteiger partial charge in [0.2, 0.25) is 6.41 Å². The van der Waals surface area contributed by atoms with Crippen LogP contribution in [0, 0.1) is 6.92 Å². The average molecular weight is 359 g/mol. The zero-order chi connectivity index (χ0) is 18.8. The van der Waals surface area contributed by atoms with Crippen molar-refractivity contribution in [2.45, 2.75) is 51.3 Å². The lowest BCUT2D eigenvalue weighted by atomic mass is 9.93. The van der Waals surface area contributed by atoms with Gasteiger partial charge in [-0.15, -0.1) is 0 Å². The van der Waals surface area contributed by atoms with Gasteiger partial charge in [0.25, 0.3) is 10.0 Å². The number of sulfonamides is 1. The summed E-state index contributed by atoms with van der Waals surface area (Å²) in [5.74, 6) is 0.175. The van der Waals surface area contributed by atoms with Crippen LogP contribution >= 0.6 is 0 Å². The van der Waals surface area contributed by atoms with E-state index >= 15 is 0 Å². The molecule has 0 N–H and O–H groups in total. The van der Waals surface area contributed by atoms with Gasteiger partial charge in [0.05, 0.1) is 10.6 Å². The highest BCUT2D eigenvalue weighted by Gasteiger charge is 2.29. The normalized spacial score (nSPS) is 11.8. The lowest BCUT2D eigenvalue weighted by Gasteiger charge is -2.26. The van der Waals surface area contributed by atoms with E-state index in [1.807, 2.05) is 52.8 Å². The van der Waals surface area contributed by atoms with E-state index in [9.17, 15) is 13.2 Å². The van der Waals surface area contributed by atoms with E-state index < -0.39 is 10.0 Å². The standard InChI is InChI=1S/C20H25NO3S/c1-14(2)18-7-6-8-19(15(3)4)20(18)21(13-22)25(23,24)17-11-9-16(5)10-12-17/h6-15H,1-5H3. The minimum Gasteiger partial charge on any atom is -0.277 e. The van der Waals surface area contributed by atoms with Crippen molar-refractivity contribution in [1.29, 1.82) is 0 Å². The summed E-state index contributed by atoms with van der Waals surface area (Å²) in [7, 11) is -3.97. The van der Waals surface area contributed by atoms with E-state index in [1.54, 1.807) is 12.1 Å². The van der Waals surface area contributed by atoms with Gasteiger partial charge in [0.15, 0.2) is 0 Å². The summed E-state index contributed by atoms with van der Waals surface area (Å²) < 4.78 is 27.1. The molecule has 0 aliphatic carbocycles. The molecule has 0 aliphatic rings. The summed E-state index contributed by atoms with van der Waals surface area (Å²) in [5.41, 5.74) is 3.12. The quantitative estimate of drug-likeness (QED) is 0.709. The number of anilines is 1. The fourth-order valence-electron chi connectivity index (χ4n) is 2.82. The van der Waals surface area contributed by atoms with Crippen molar-refractivity contribution in [3.63, 3.8) is 0 Å². The Kier molecular flexibility index (Phi) is 5.68. The van der Waals surface area contributed by atoms with Crippen LogP contribution in [0.15, 0.2) is 47.4 Å². The molecule has 25 heavy (non-hydrogen) atoms. The van der Waals surface area contributed by atoms with Crippen LogP contribution in [0.1, 0.15) is 56.2 Å². The van der Waals surface area contributed by atoms with Gasteiger partial charge in [-0.1, -0.05) is 63.6 Å². The second-order valence-corrected chi connectivity index (χ2v) is 8.63. The molecule has 0 aliphatic heterocycles. The van der Waals surface area contributed by atoms with Crippen LogP contribution in [0.2, 0.25) is 0 Å². The van der Waals surface area contributed by atoms with Crippen molar-refractivity contribution in [1.82, 2.24) is 0 Å². The molecular formula is C20H25NO3S. The van der Waals surface area contributed by atoms with Gasteiger partial charge >= 0.3 is 0 Å². The van der Waals surface area contributed by atoms with Gasteiger partial charge in [0.1, 0.15) is 0 Å². The zero-order valence-corrected chi connectivity index (χ0v) is 16.2. The Morgan fingerprint density at radius 1 is 0.880 bits per heavy atom. The Hall–Kier alpha value is -2.14. The molecule has 0 bridgehead atoms. The van der Waals surface area contributed by atoms with Crippen LogP contribution in [0.3, 0.4) is 0 Å². The minimum absolute atomic E-state index is 0.0874. The van der Waals surface area contributed by atoms with Gasteiger partial charge in [-0.3, -0.25) is 4.79 Å². The molecule has 0 heterocycles. The van der Waals surface area contributed by atoms with Gasteiger partial charge in [0, 0.05) is 0 Å². The zero-order valence-electron chi connectivity index (χ0n) is 15.4. The smallest absolute Gasteiger partial charge is 0.270 e. The second kappa shape index (κ2) is 7.40. The molecule has 5 heteroatoms. The van der Waals surface area contributed by atoms with Gasteiger partial charge in [-0.2, -0.15) is 0 Å². The fourth-order valence-corrected chi connectivity index (χ4v) is 4.09. The molecule has 0 fully saturated rings. The second-order valence-electron chi connectivity index (χ2n) is 6.81. The number of amides is 1. The van der Waals surface area contributed by atoms with E-state index in [0.717, 1.165) is 21.0 Å². The first-order valence-electron chi connectivity index (χ1n) is 8.39. The van der Waals surface area contributed by atoms with Gasteiger partial charge < -0.3 is 0 Å². The van der Waals surface area contributed by atoms with E-state index in [-0.39, 0.29) is 16.7 Å². The molecule has 2 aromatic carbocycles. The van der Waals surface area contributed by atoms with Crippen LogP contribution < -0.4 is 4.31 Å². The number of nitrogens with zero attached hydrogens (tertiary/aromatic N) is 1. The first-order valence-corrected chi connectivity index (χ1v) is 9.83. The minimum atomic E-state index is -3.97. The van der Waals surface area contributed by atoms with E-state index in [4.69, 9.17) is 0 Å². The van der Waals surface area contributed by atoms with Gasteiger partial charge in [-0.05, 0) is 42.0 Å². The number of para-hydroxylation sites is 1. The molecule has 0 radical (unpaired) electrons. The van der Waals surface area contributed by atoms with Crippen LogP contribution in [0.25, 0.3) is 0 Å². The van der Waals surface area contributed by atoms with Crippen LogP contribution in [0.5, 0.6) is 0 Å². The van der Waals surface area contributed by atoms with Crippen molar-refractivity contribution in [2.75, 3.05) is 4.31 Å². The summed E-state index contributed by atoms with van der Waals surface area (Å²) >= 11 is 0. The highest BCUT2D eigenvalue weighted by atomic mass is 32.2. The van der Waals surface area contributed by atoms with Crippen molar-refractivity contribution in [3.05, 3.63) is 59.2 Å². The third-order valence-corrected chi connectivity index (χ3v) is 5.89. The summed E-state index contributed by atoms with van der Waals surface area (Å²) in [4.78, 5) is 12.0. The maximum Gasteiger partial charge on any atom is 0.270 e. The van der Waals surface area contributed by atoms with Crippen LogP contribution in [0.4, 0.5) is 5.69 Å². The highest BCUT2D eigenvalue weighted by molar-refractivity contribution is 7.93. The van der Waals surface area contributed by atoms with Crippen molar-refractivity contribution < 1.29 is 13.2 Å². The topological polar surface area (TPSA) is 54.5 Å². The maximum atomic E-state index is 13.1. The summed E-state index contributed by atoms with van der Waals surface area (Å²) in [6, 6.07) is 12.2. The lowest BCUT2D eigenvalue weighted by Crippen LogP contribution is -2.31. The predicted octanol–water partition coefficient (Wildman–Crippen LogP) is 4.59. The SMILES string of the molecule is Cc1ccc(S(=O)(=O)N(C=O)c2c(C(C)C)cccc2C(C)C)cc1. The van der Waals surface area contributed by atoms with E-state index in [0.29, 0.717) is 12.1 Å². The number of carbonyl (C=O) groups is 1. The molecule has 2 aromatic rings. The Labute approximate surface area is 150 Å². The summed E-state index contributed by atoms with van der Waals surface area (Å²) in [5, 5.41) is 0. The molecule has 0 atom stereocenters. The Morgan fingerprint density at radius 2 is 1.36 bits per heavy atom. The number of benzene rings is 2. The Bertz CT molecular complexity index is 827. The van der Waals surface area contributed by atoms with Gasteiger partial charge in [-0.25, -0.2) is 12.7 Å². The number of hydrogen-bond acceptors (Lipinski definition) is 3. The number of rotatable bonds is 6. The number of carbonyl (C=O) groups excluding carboxylic acids is 1. The molecular weight excluding hydrogens is 334 g/mol. The van der Waals surface area contributed by atoms with Crippen molar-refractivity contribution in [2.24, 2.45) is 0 Å². The van der Waals surface area contributed by atoms with Crippen molar-refractivity contribution >= 4 is 22.1 Å². The van der Waals surface area contributed by atoms with Crippen LogP contribution in [-0.2, 0) is 14.8 Å². The first-order chi connectivity index (χ1) is 11.7. The Morgan fingerprint density at radius 3 is 1.76 bits per heavy atom. The molecule has 0 aromatic heterocycles. The molecule has 4 nitrogen and oxygen atoms in total. The first kappa shape index (κ1) is 19.2. The largest absolute Gasteiger partial charge is 0.277 e. The molecule has 2 rings (SSSR count). The van der Waals surface area contributed by atoms with E-state index in [2.05, 4.69) is 0 Å². The van der Waals surface area contributed by atoms with Crippen LogP contribution in [-0.4, -0.2) is 14.8 Å². The average Bonchev–Trinajstić information content (AvgIpc) is 2.55. The van der Waals surface area contributed by atoms with E-state index in [1.165, 1.54) is 12.1 Å².